The molecule has 208 valence electrons. The molecule has 0 radical (unpaired) electrons. The smallest absolute Gasteiger partial charge is 0.407 e. The van der Waals surface area contributed by atoms with Gasteiger partial charge in [0.15, 0.2) is 11.5 Å². The Hall–Kier alpha value is -4.02. The Labute approximate surface area is 236 Å². The third kappa shape index (κ3) is 6.08. The van der Waals surface area contributed by atoms with E-state index >= 15 is 0 Å². The van der Waals surface area contributed by atoms with Gasteiger partial charge in [0.25, 0.3) is 0 Å². The normalized spacial score (nSPS) is 16.6. The topological polar surface area (TPSA) is 113 Å². The molecule has 3 aromatic heterocycles. The molecular formula is C29H31ClN6O4. The van der Waals surface area contributed by atoms with Crippen molar-refractivity contribution in [3.05, 3.63) is 69.6 Å². The van der Waals surface area contributed by atoms with Crippen molar-refractivity contribution in [2.45, 2.75) is 52.6 Å². The lowest BCUT2D eigenvalue weighted by molar-refractivity contribution is 0.0523. The molecule has 2 atom stereocenters. The largest absolute Gasteiger partial charge is 0.485 e. The van der Waals surface area contributed by atoms with E-state index in [4.69, 9.17) is 30.9 Å². The van der Waals surface area contributed by atoms with Gasteiger partial charge in [0.05, 0.1) is 17.1 Å². The van der Waals surface area contributed by atoms with Gasteiger partial charge in [-0.05, 0) is 56.7 Å². The minimum Gasteiger partial charge on any atom is -0.485 e. The fraction of sp³-hybridized carbons (Fsp3) is 0.345. The molecule has 2 unspecified atom stereocenters. The molecule has 0 fully saturated rings. The zero-order valence-electron chi connectivity index (χ0n) is 23.0. The van der Waals surface area contributed by atoms with E-state index in [0.717, 1.165) is 21.7 Å². The average molecular weight is 563 g/mol. The molecule has 5 rings (SSSR count). The lowest BCUT2D eigenvalue weighted by Crippen LogP contribution is -2.38. The summed E-state index contributed by atoms with van der Waals surface area (Å²) in [5, 5.41) is 18.3. The van der Waals surface area contributed by atoms with Gasteiger partial charge in [-0.3, -0.25) is 4.98 Å². The number of amides is 1. The molecule has 0 aliphatic heterocycles. The van der Waals surface area contributed by atoms with Crippen LogP contribution in [0.3, 0.4) is 0 Å². The Morgan fingerprint density at radius 3 is 2.70 bits per heavy atom. The summed E-state index contributed by atoms with van der Waals surface area (Å²) in [6, 6.07) is 11.1. The van der Waals surface area contributed by atoms with Crippen molar-refractivity contribution in [2.75, 3.05) is 7.11 Å². The first-order chi connectivity index (χ1) is 19.1. The number of hydrogen-bond donors (Lipinski definition) is 1. The van der Waals surface area contributed by atoms with Crippen LogP contribution in [0.25, 0.3) is 29.1 Å². The van der Waals surface area contributed by atoms with Crippen molar-refractivity contribution in [3.63, 3.8) is 0 Å². The predicted molar refractivity (Wildman–Crippen MR) is 151 cm³/mol. The third-order valence-electron chi connectivity index (χ3n) is 6.38. The van der Waals surface area contributed by atoms with E-state index in [1.807, 2.05) is 63.2 Å². The standard InChI is InChI=1S/C29H31ClN6O4/c1-17-12-20-23(14-25(17)38-5)31-11-10-24(20)39-16-27-34-33-26-9-8-22(35-36(26)27)18-6-7-19(21(30)13-18)15-32-28(37)40-29(2,3)4/h6-14,17,25H,15-16H2,1-5H3,(H,32,37). The van der Waals surface area contributed by atoms with Crippen LogP contribution in [0.4, 0.5) is 4.79 Å². The molecule has 0 saturated carbocycles. The summed E-state index contributed by atoms with van der Waals surface area (Å²) < 4.78 is 18.7. The molecule has 11 heteroatoms. The number of fused-ring (bicyclic) bond motifs is 2. The lowest BCUT2D eigenvalue weighted by atomic mass is 9.98. The van der Waals surface area contributed by atoms with E-state index < -0.39 is 11.7 Å². The first-order valence-electron chi connectivity index (χ1n) is 12.9. The van der Waals surface area contributed by atoms with Crippen LogP contribution >= 0.6 is 11.6 Å². The highest BCUT2D eigenvalue weighted by Gasteiger charge is 2.19. The molecule has 3 heterocycles. The predicted octanol–water partition coefficient (Wildman–Crippen LogP) is 3.67. The lowest BCUT2D eigenvalue weighted by Gasteiger charge is -2.20. The number of halogens is 1. The number of pyridine rings is 1. The van der Waals surface area contributed by atoms with Gasteiger partial charge in [-0.2, -0.15) is 9.61 Å². The van der Waals surface area contributed by atoms with E-state index in [2.05, 4.69) is 33.5 Å². The second kappa shape index (κ2) is 11.2. The first kappa shape index (κ1) is 27.5. The number of methoxy groups -OCH3 is 1. The van der Waals surface area contributed by atoms with Gasteiger partial charge in [0.2, 0.25) is 0 Å². The summed E-state index contributed by atoms with van der Waals surface area (Å²) in [6.45, 7) is 7.94. The van der Waals surface area contributed by atoms with Gasteiger partial charge in [-0.15, -0.1) is 10.2 Å². The van der Waals surface area contributed by atoms with Crippen molar-refractivity contribution >= 4 is 35.5 Å². The fourth-order valence-corrected chi connectivity index (χ4v) is 4.64. The molecule has 1 N–H and O–H groups in total. The Morgan fingerprint density at radius 1 is 1.12 bits per heavy atom. The number of rotatable bonds is 7. The van der Waals surface area contributed by atoms with Crippen molar-refractivity contribution in [1.82, 2.24) is 30.1 Å². The third-order valence-corrected chi connectivity index (χ3v) is 6.73. The monoisotopic (exact) mass is 562 g/mol. The summed E-state index contributed by atoms with van der Waals surface area (Å²) in [6.07, 6.45) is 5.31. The van der Waals surface area contributed by atoms with E-state index in [-0.39, 0.29) is 25.2 Å². The number of nitrogens with zero attached hydrogens (tertiary/aromatic N) is 5. The minimum atomic E-state index is -0.574. The molecule has 1 aliphatic rings. The zero-order valence-corrected chi connectivity index (χ0v) is 23.8. The number of aromatic nitrogens is 5. The number of carbonyl (C=O) groups is 1. The number of alkyl carbamates (subject to hydrolysis) is 1. The Kier molecular flexibility index (Phi) is 7.73. The number of hydrogen-bond acceptors (Lipinski definition) is 8. The summed E-state index contributed by atoms with van der Waals surface area (Å²) in [5.74, 6) is 1.45. The van der Waals surface area contributed by atoms with Gasteiger partial charge in [0, 0.05) is 41.6 Å². The molecule has 0 bridgehead atoms. The van der Waals surface area contributed by atoms with Crippen molar-refractivity contribution in [1.29, 1.82) is 0 Å². The summed E-state index contributed by atoms with van der Waals surface area (Å²) in [4.78, 5) is 16.5. The highest BCUT2D eigenvalue weighted by molar-refractivity contribution is 6.31. The average Bonchev–Trinajstić information content (AvgIpc) is 3.32. The van der Waals surface area contributed by atoms with Crippen LogP contribution in [0.5, 0.6) is 5.75 Å². The molecule has 10 nitrogen and oxygen atoms in total. The van der Waals surface area contributed by atoms with Gasteiger partial charge in [-0.1, -0.05) is 36.7 Å². The van der Waals surface area contributed by atoms with Gasteiger partial charge in [-0.25, -0.2) is 4.79 Å². The maximum Gasteiger partial charge on any atom is 0.407 e. The van der Waals surface area contributed by atoms with Crippen LogP contribution in [0, 0.1) is 5.92 Å². The number of benzene rings is 1. The van der Waals surface area contributed by atoms with Gasteiger partial charge < -0.3 is 19.5 Å². The van der Waals surface area contributed by atoms with Gasteiger partial charge in [0.1, 0.15) is 18.0 Å². The Bertz CT molecular complexity index is 1680. The van der Waals surface area contributed by atoms with E-state index in [1.165, 1.54) is 0 Å². The molecule has 1 aromatic carbocycles. The van der Waals surface area contributed by atoms with Crippen LogP contribution in [0.1, 0.15) is 39.1 Å². The van der Waals surface area contributed by atoms with Crippen molar-refractivity contribution < 1.29 is 19.0 Å². The van der Waals surface area contributed by atoms with Crippen molar-refractivity contribution in [2.24, 2.45) is 5.92 Å². The molecule has 1 aliphatic carbocycles. The van der Waals surface area contributed by atoms with E-state index in [0.29, 0.717) is 27.9 Å². The molecule has 0 spiro atoms. The zero-order chi connectivity index (χ0) is 28.4. The quantitative estimate of drug-likeness (QED) is 0.363. The second-order valence-electron chi connectivity index (χ2n) is 10.6. The molecular weight excluding hydrogens is 532 g/mol. The molecule has 4 aromatic rings. The molecule has 1 amide bonds. The SMILES string of the molecule is COC1C=c2nccc(OCc3nnc4ccc(-c5ccc(CNC(=O)OC(C)(C)C)c(Cl)c5)nn34)c2=CC1C. The number of nitrogens with one attached hydrogen (secondary N) is 1. The fourth-order valence-electron chi connectivity index (χ4n) is 4.40. The van der Waals surface area contributed by atoms with Gasteiger partial charge >= 0.3 is 6.09 Å². The van der Waals surface area contributed by atoms with Crippen LogP contribution < -0.4 is 20.6 Å². The van der Waals surface area contributed by atoms with Crippen LogP contribution in [-0.4, -0.2) is 49.7 Å². The Balaban J connectivity index is 1.34. The van der Waals surface area contributed by atoms with Crippen LogP contribution in [0.2, 0.25) is 5.02 Å². The Morgan fingerprint density at radius 2 is 1.95 bits per heavy atom. The maximum atomic E-state index is 12.0. The number of ether oxygens (including phenoxy) is 3. The first-order valence-corrected chi connectivity index (χ1v) is 13.3. The molecule has 0 saturated heterocycles. The second-order valence-corrected chi connectivity index (χ2v) is 11.0. The van der Waals surface area contributed by atoms with Crippen molar-refractivity contribution in [3.8, 4) is 17.0 Å². The van der Waals surface area contributed by atoms with Crippen LogP contribution in [-0.2, 0) is 22.6 Å². The van der Waals surface area contributed by atoms with E-state index in [1.54, 1.807) is 17.8 Å². The maximum absolute atomic E-state index is 12.0. The highest BCUT2D eigenvalue weighted by Crippen LogP contribution is 2.25. The van der Waals surface area contributed by atoms with Crippen LogP contribution in [0.15, 0.2) is 42.6 Å². The van der Waals surface area contributed by atoms with E-state index in [9.17, 15) is 4.79 Å². The minimum absolute atomic E-state index is 0.0258. The molecule has 40 heavy (non-hydrogen) atoms. The summed E-state index contributed by atoms with van der Waals surface area (Å²) >= 11 is 6.54. The highest BCUT2D eigenvalue weighted by atomic mass is 35.5. The number of carbonyl (C=O) groups excluding carboxylic acids is 1. The summed E-state index contributed by atoms with van der Waals surface area (Å²) in [5.41, 5.74) is 2.28. The summed E-state index contributed by atoms with van der Waals surface area (Å²) in [7, 11) is 1.70.